The lowest BCUT2D eigenvalue weighted by Crippen LogP contribution is -2.20. The number of nitro groups is 1. The van der Waals surface area contributed by atoms with Gasteiger partial charge in [0.15, 0.2) is 0 Å². The highest BCUT2D eigenvalue weighted by molar-refractivity contribution is 7.85. The third-order valence-corrected chi connectivity index (χ3v) is 4.70. The molecule has 23 heavy (non-hydrogen) atoms. The Morgan fingerprint density at radius 3 is 2.57 bits per heavy atom. The average molecular weight is 333 g/mol. The Bertz CT molecular complexity index is 692. The summed E-state index contributed by atoms with van der Waals surface area (Å²) in [6, 6.07) is 14.4. The summed E-state index contributed by atoms with van der Waals surface area (Å²) in [7, 11) is 0.613. The molecule has 0 spiro atoms. The molecule has 0 amide bonds. The van der Waals surface area contributed by atoms with Crippen molar-refractivity contribution in [3.8, 4) is 0 Å². The summed E-state index contributed by atoms with van der Waals surface area (Å²) in [5.74, 6) is 0.501. The third-order valence-electron chi connectivity index (χ3n) is 3.33. The van der Waals surface area contributed by atoms with Gasteiger partial charge in [-0.1, -0.05) is 24.3 Å². The lowest BCUT2D eigenvalue weighted by atomic mass is 10.1. The van der Waals surface area contributed by atoms with Gasteiger partial charge in [-0.05, 0) is 23.8 Å². The van der Waals surface area contributed by atoms with Crippen molar-refractivity contribution < 1.29 is 9.13 Å². The minimum absolute atomic E-state index is 0.0552. The van der Waals surface area contributed by atoms with Gasteiger partial charge in [-0.15, -0.1) is 0 Å². The van der Waals surface area contributed by atoms with Gasteiger partial charge in [-0.3, -0.25) is 14.3 Å². The van der Waals surface area contributed by atoms with Gasteiger partial charge in [0, 0.05) is 36.9 Å². The molecule has 2 aromatic rings. The van der Waals surface area contributed by atoms with E-state index in [1.807, 2.05) is 36.4 Å². The number of hydrogen-bond donors (Lipinski definition) is 2. The van der Waals surface area contributed by atoms with Crippen molar-refractivity contribution in [2.24, 2.45) is 0 Å². The Morgan fingerprint density at radius 1 is 1.17 bits per heavy atom. The SMILES string of the molecule is CNc1ccc(CNCCS(=O)c2ccccc2)cc1[N+](=O)[O-]. The Morgan fingerprint density at radius 2 is 1.91 bits per heavy atom. The molecule has 2 N–H and O–H groups in total. The van der Waals surface area contributed by atoms with E-state index in [0.29, 0.717) is 24.5 Å². The largest absolute Gasteiger partial charge is 0.383 e. The van der Waals surface area contributed by atoms with Crippen molar-refractivity contribution in [1.29, 1.82) is 0 Å². The highest BCUT2D eigenvalue weighted by Crippen LogP contribution is 2.24. The van der Waals surface area contributed by atoms with Gasteiger partial charge in [0.1, 0.15) is 5.69 Å². The Balaban J connectivity index is 1.86. The molecule has 6 nitrogen and oxygen atoms in total. The van der Waals surface area contributed by atoms with Gasteiger partial charge in [0.25, 0.3) is 5.69 Å². The molecule has 0 bridgehead atoms. The van der Waals surface area contributed by atoms with Crippen LogP contribution in [0.25, 0.3) is 0 Å². The summed E-state index contributed by atoms with van der Waals surface area (Å²) in [6.07, 6.45) is 0. The van der Waals surface area contributed by atoms with Crippen LogP contribution in [-0.2, 0) is 17.3 Å². The first kappa shape index (κ1) is 17.1. The van der Waals surface area contributed by atoms with Gasteiger partial charge in [0.05, 0.1) is 15.7 Å². The maximum absolute atomic E-state index is 12.1. The van der Waals surface area contributed by atoms with Crippen LogP contribution in [0.5, 0.6) is 0 Å². The van der Waals surface area contributed by atoms with Gasteiger partial charge < -0.3 is 10.6 Å². The monoisotopic (exact) mass is 333 g/mol. The number of nitro benzene ring substituents is 1. The molecular weight excluding hydrogens is 314 g/mol. The van der Waals surface area contributed by atoms with Crippen LogP contribution in [0.15, 0.2) is 53.4 Å². The fraction of sp³-hybridized carbons (Fsp3) is 0.250. The topological polar surface area (TPSA) is 84.3 Å². The van der Waals surface area contributed by atoms with Crippen molar-refractivity contribution >= 4 is 22.2 Å². The van der Waals surface area contributed by atoms with E-state index in [-0.39, 0.29) is 5.69 Å². The predicted molar refractivity (Wildman–Crippen MR) is 92.1 cm³/mol. The predicted octanol–water partition coefficient (Wildman–Crippen LogP) is 2.53. The zero-order valence-corrected chi connectivity index (χ0v) is 13.6. The summed E-state index contributed by atoms with van der Waals surface area (Å²) in [6.45, 7) is 1.07. The standard InChI is InChI=1S/C16H19N3O3S/c1-17-15-8-7-13(11-16(15)19(20)21)12-18-9-10-23(22)14-5-3-2-4-6-14/h2-8,11,17-18H,9-10,12H2,1H3. The number of nitrogens with zero attached hydrogens (tertiary/aromatic N) is 1. The third kappa shape index (κ3) is 4.87. The summed E-state index contributed by atoms with van der Waals surface area (Å²) in [4.78, 5) is 11.4. The molecule has 1 atom stereocenters. The van der Waals surface area contributed by atoms with E-state index < -0.39 is 15.7 Å². The Hall–Kier alpha value is -2.25. The van der Waals surface area contributed by atoms with Gasteiger partial charge >= 0.3 is 0 Å². The molecule has 2 aromatic carbocycles. The molecule has 1 unspecified atom stereocenters. The van der Waals surface area contributed by atoms with E-state index in [2.05, 4.69) is 10.6 Å². The maximum Gasteiger partial charge on any atom is 0.292 e. The second-order valence-electron chi connectivity index (χ2n) is 4.90. The van der Waals surface area contributed by atoms with E-state index in [0.717, 1.165) is 10.5 Å². The normalized spacial score (nSPS) is 11.9. The van der Waals surface area contributed by atoms with Crippen molar-refractivity contribution in [2.45, 2.75) is 11.4 Å². The van der Waals surface area contributed by atoms with Crippen LogP contribution >= 0.6 is 0 Å². The van der Waals surface area contributed by atoms with Gasteiger partial charge in [-0.25, -0.2) is 0 Å². The minimum Gasteiger partial charge on any atom is -0.383 e. The molecule has 7 heteroatoms. The number of nitrogens with one attached hydrogen (secondary N) is 2. The Kier molecular flexibility index (Phi) is 6.25. The quantitative estimate of drug-likeness (QED) is 0.440. The van der Waals surface area contributed by atoms with Gasteiger partial charge in [0.2, 0.25) is 0 Å². The summed E-state index contributed by atoms with van der Waals surface area (Å²) in [5, 5.41) is 17.0. The van der Waals surface area contributed by atoms with Crippen molar-refractivity contribution in [3.05, 3.63) is 64.2 Å². The highest BCUT2D eigenvalue weighted by atomic mass is 32.2. The average Bonchev–Trinajstić information content (AvgIpc) is 2.59. The van der Waals surface area contributed by atoms with E-state index in [4.69, 9.17) is 0 Å². The lowest BCUT2D eigenvalue weighted by Gasteiger charge is -2.07. The van der Waals surface area contributed by atoms with Crippen LogP contribution in [0.4, 0.5) is 11.4 Å². The Labute approximate surface area is 137 Å². The molecule has 0 fully saturated rings. The summed E-state index contributed by atoms with van der Waals surface area (Å²) < 4.78 is 12.1. The second kappa shape index (κ2) is 8.40. The smallest absolute Gasteiger partial charge is 0.292 e. The van der Waals surface area contributed by atoms with Gasteiger partial charge in [-0.2, -0.15) is 0 Å². The molecule has 0 aliphatic rings. The van der Waals surface area contributed by atoms with Crippen LogP contribution in [0.2, 0.25) is 0 Å². The van der Waals surface area contributed by atoms with E-state index >= 15 is 0 Å². The molecule has 0 saturated heterocycles. The number of rotatable bonds is 8. The molecule has 122 valence electrons. The van der Waals surface area contributed by atoms with Crippen LogP contribution in [0.3, 0.4) is 0 Å². The van der Waals surface area contributed by atoms with E-state index in [1.165, 1.54) is 0 Å². The van der Waals surface area contributed by atoms with Crippen LogP contribution in [-0.4, -0.2) is 28.5 Å². The van der Waals surface area contributed by atoms with E-state index in [1.54, 1.807) is 19.2 Å². The summed E-state index contributed by atoms with van der Waals surface area (Å²) >= 11 is 0. The zero-order chi connectivity index (χ0) is 16.7. The molecule has 0 aliphatic heterocycles. The lowest BCUT2D eigenvalue weighted by molar-refractivity contribution is -0.384. The number of anilines is 1. The molecule has 0 radical (unpaired) electrons. The second-order valence-corrected chi connectivity index (χ2v) is 6.47. The first-order valence-electron chi connectivity index (χ1n) is 7.21. The van der Waals surface area contributed by atoms with E-state index in [9.17, 15) is 14.3 Å². The molecular formula is C16H19N3O3S. The molecule has 0 saturated carbocycles. The summed E-state index contributed by atoms with van der Waals surface area (Å²) in [5.41, 5.74) is 1.37. The first-order valence-corrected chi connectivity index (χ1v) is 8.53. The van der Waals surface area contributed by atoms with Crippen LogP contribution in [0, 0.1) is 10.1 Å². The number of benzene rings is 2. The molecule has 2 rings (SSSR count). The molecule has 0 heterocycles. The molecule has 0 aliphatic carbocycles. The van der Waals surface area contributed by atoms with Crippen LogP contribution < -0.4 is 10.6 Å². The minimum atomic E-state index is -1.04. The maximum atomic E-state index is 12.1. The van der Waals surface area contributed by atoms with Crippen molar-refractivity contribution in [3.63, 3.8) is 0 Å². The fourth-order valence-corrected chi connectivity index (χ4v) is 3.16. The zero-order valence-electron chi connectivity index (χ0n) is 12.8. The molecule has 0 aromatic heterocycles. The van der Waals surface area contributed by atoms with Crippen molar-refractivity contribution in [1.82, 2.24) is 5.32 Å². The highest BCUT2D eigenvalue weighted by Gasteiger charge is 2.13. The van der Waals surface area contributed by atoms with Crippen LogP contribution in [0.1, 0.15) is 5.56 Å². The fourth-order valence-electron chi connectivity index (χ4n) is 2.14. The number of hydrogen-bond acceptors (Lipinski definition) is 5. The van der Waals surface area contributed by atoms with Crippen molar-refractivity contribution in [2.75, 3.05) is 24.7 Å². The first-order chi connectivity index (χ1) is 11.1.